The normalized spacial score (nSPS) is 16.2. The monoisotopic (exact) mass is 421 g/mol. The molecular formula is C23H23N3O3S. The lowest BCUT2D eigenvalue weighted by Crippen LogP contribution is -2.43. The van der Waals surface area contributed by atoms with E-state index in [4.69, 9.17) is 4.74 Å². The minimum absolute atomic E-state index is 0.0556. The van der Waals surface area contributed by atoms with Gasteiger partial charge >= 0.3 is 0 Å². The number of nitrogens with one attached hydrogen (secondary N) is 1. The van der Waals surface area contributed by atoms with E-state index < -0.39 is 0 Å². The zero-order chi connectivity index (χ0) is 20.9. The Morgan fingerprint density at radius 2 is 2.00 bits per heavy atom. The van der Waals surface area contributed by atoms with Crippen LogP contribution in [-0.4, -0.2) is 41.9 Å². The quantitative estimate of drug-likeness (QED) is 0.666. The second kappa shape index (κ2) is 9.09. The van der Waals surface area contributed by atoms with Gasteiger partial charge in [0.15, 0.2) is 0 Å². The van der Waals surface area contributed by atoms with Gasteiger partial charge in [-0.05, 0) is 48.2 Å². The topological polar surface area (TPSA) is 71.5 Å². The number of aromatic nitrogens is 1. The van der Waals surface area contributed by atoms with E-state index >= 15 is 0 Å². The fraction of sp³-hybridized carbons (Fsp3) is 0.261. The van der Waals surface area contributed by atoms with Crippen LogP contribution < -0.4 is 10.1 Å². The second-order valence-electron chi connectivity index (χ2n) is 7.26. The highest BCUT2D eigenvalue weighted by atomic mass is 32.1. The highest BCUT2D eigenvalue weighted by molar-refractivity contribution is 7.07. The number of ether oxygens (including phenoxy) is 1. The molecule has 1 atom stereocenters. The second-order valence-corrected chi connectivity index (χ2v) is 7.98. The van der Waals surface area contributed by atoms with E-state index in [0.717, 1.165) is 35.4 Å². The number of hydrogen-bond donors (Lipinski definition) is 1. The summed E-state index contributed by atoms with van der Waals surface area (Å²) in [5.41, 5.74) is 4.94. The van der Waals surface area contributed by atoms with Gasteiger partial charge in [0, 0.05) is 24.2 Å². The molecule has 4 rings (SSSR count). The predicted octanol–water partition coefficient (Wildman–Crippen LogP) is 4.31. The molecule has 7 heteroatoms. The molecule has 0 saturated carbocycles. The van der Waals surface area contributed by atoms with E-state index in [1.54, 1.807) is 22.9 Å². The van der Waals surface area contributed by atoms with Crippen LogP contribution in [-0.2, 0) is 4.79 Å². The maximum absolute atomic E-state index is 12.8. The molecule has 0 bridgehead atoms. The molecule has 154 valence electrons. The van der Waals surface area contributed by atoms with Crippen molar-refractivity contribution in [2.45, 2.75) is 12.8 Å². The number of thiazole rings is 1. The van der Waals surface area contributed by atoms with Crippen LogP contribution in [0.4, 0.5) is 5.69 Å². The summed E-state index contributed by atoms with van der Waals surface area (Å²) in [6.45, 7) is 1.08. The minimum Gasteiger partial charge on any atom is -0.497 e. The Kier molecular flexibility index (Phi) is 6.09. The van der Waals surface area contributed by atoms with Crippen LogP contribution in [0.2, 0.25) is 0 Å². The summed E-state index contributed by atoms with van der Waals surface area (Å²) in [5, 5.41) is 4.74. The number of amides is 2. The van der Waals surface area contributed by atoms with E-state index in [0.29, 0.717) is 18.8 Å². The highest BCUT2D eigenvalue weighted by Gasteiger charge is 2.29. The van der Waals surface area contributed by atoms with Gasteiger partial charge in [-0.15, -0.1) is 11.3 Å². The maximum atomic E-state index is 12.8. The van der Waals surface area contributed by atoms with Crippen LogP contribution in [0.1, 0.15) is 23.3 Å². The Balaban J connectivity index is 1.39. The number of carbonyl (C=O) groups excluding carboxylic acids is 2. The van der Waals surface area contributed by atoms with Crippen molar-refractivity contribution in [1.82, 2.24) is 9.88 Å². The van der Waals surface area contributed by atoms with Crippen molar-refractivity contribution in [1.29, 1.82) is 0 Å². The van der Waals surface area contributed by atoms with Gasteiger partial charge in [-0.2, -0.15) is 0 Å². The van der Waals surface area contributed by atoms with Gasteiger partial charge in [-0.3, -0.25) is 9.59 Å². The fourth-order valence-electron chi connectivity index (χ4n) is 3.65. The fourth-order valence-corrected chi connectivity index (χ4v) is 4.17. The number of likely N-dealkylation sites (tertiary alicyclic amines) is 1. The first kappa shape index (κ1) is 20.1. The smallest absolute Gasteiger partial charge is 0.273 e. The number of carbonyl (C=O) groups is 2. The van der Waals surface area contributed by atoms with Gasteiger partial charge < -0.3 is 15.0 Å². The molecule has 1 saturated heterocycles. The van der Waals surface area contributed by atoms with Gasteiger partial charge in [0.05, 0.1) is 18.5 Å². The van der Waals surface area contributed by atoms with Crippen molar-refractivity contribution in [2.24, 2.45) is 5.92 Å². The first-order valence-electron chi connectivity index (χ1n) is 9.87. The summed E-state index contributed by atoms with van der Waals surface area (Å²) in [6, 6.07) is 15.6. The Hall–Kier alpha value is -3.19. The summed E-state index contributed by atoms with van der Waals surface area (Å²) in [5.74, 6) is 0.426. The number of piperidine rings is 1. The summed E-state index contributed by atoms with van der Waals surface area (Å²) in [6.07, 6.45) is 1.58. The van der Waals surface area contributed by atoms with E-state index in [-0.39, 0.29) is 17.7 Å². The van der Waals surface area contributed by atoms with Crippen LogP contribution in [0.5, 0.6) is 5.75 Å². The Labute approximate surface area is 179 Å². The molecule has 1 N–H and O–H groups in total. The lowest BCUT2D eigenvalue weighted by atomic mass is 9.96. The molecule has 0 spiro atoms. The summed E-state index contributed by atoms with van der Waals surface area (Å²) in [4.78, 5) is 31.1. The Bertz CT molecular complexity index is 1020. The molecule has 0 aliphatic carbocycles. The molecule has 3 aromatic rings. The molecule has 1 aliphatic rings. The Morgan fingerprint density at radius 3 is 2.73 bits per heavy atom. The average Bonchev–Trinajstić information content (AvgIpc) is 3.34. The lowest BCUT2D eigenvalue weighted by Gasteiger charge is -2.31. The van der Waals surface area contributed by atoms with E-state index in [2.05, 4.69) is 10.3 Å². The van der Waals surface area contributed by atoms with Crippen molar-refractivity contribution in [3.05, 3.63) is 65.1 Å². The minimum atomic E-state index is -0.223. The molecule has 2 amide bonds. The van der Waals surface area contributed by atoms with Crippen LogP contribution in [0.3, 0.4) is 0 Å². The van der Waals surface area contributed by atoms with E-state index in [9.17, 15) is 9.59 Å². The SMILES string of the molecule is COc1cccc(-c2ccc(NC(=O)[C@H]3CCCN(C(=O)c4cscn4)C3)cc2)c1. The zero-order valence-electron chi connectivity index (χ0n) is 16.7. The highest BCUT2D eigenvalue weighted by Crippen LogP contribution is 2.26. The number of methoxy groups -OCH3 is 1. The summed E-state index contributed by atoms with van der Waals surface area (Å²) in [7, 11) is 1.65. The molecule has 1 aliphatic heterocycles. The van der Waals surface area contributed by atoms with Gasteiger partial charge in [0.2, 0.25) is 5.91 Å². The van der Waals surface area contributed by atoms with Crippen molar-refractivity contribution in [3.63, 3.8) is 0 Å². The number of hydrogen-bond acceptors (Lipinski definition) is 5. The van der Waals surface area contributed by atoms with Crippen molar-refractivity contribution >= 4 is 28.8 Å². The van der Waals surface area contributed by atoms with Crippen molar-refractivity contribution in [2.75, 3.05) is 25.5 Å². The molecule has 1 aromatic heterocycles. The average molecular weight is 422 g/mol. The number of benzene rings is 2. The van der Waals surface area contributed by atoms with Crippen LogP contribution in [0.25, 0.3) is 11.1 Å². The molecule has 6 nitrogen and oxygen atoms in total. The lowest BCUT2D eigenvalue weighted by molar-refractivity contribution is -0.121. The molecule has 2 aromatic carbocycles. The zero-order valence-corrected chi connectivity index (χ0v) is 17.5. The van der Waals surface area contributed by atoms with Crippen molar-refractivity contribution < 1.29 is 14.3 Å². The molecule has 30 heavy (non-hydrogen) atoms. The summed E-state index contributed by atoms with van der Waals surface area (Å²) >= 11 is 1.40. The first-order valence-corrected chi connectivity index (χ1v) is 10.8. The largest absolute Gasteiger partial charge is 0.497 e. The maximum Gasteiger partial charge on any atom is 0.273 e. The number of rotatable bonds is 5. The molecule has 2 heterocycles. The van der Waals surface area contributed by atoms with Gasteiger partial charge in [0.1, 0.15) is 11.4 Å². The van der Waals surface area contributed by atoms with E-state index in [1.165, 1.54) is 11.3 Å². The number of nitrogens with zero attached hydrogens (tertiary/aromatic N) is 2. The van der Waals surface area contributed by atoms with Crippen LogP contribution in [0, 0.1) is 5.92 Å². The van der Waals surface area contributed by atoms with Gasteiger partial charge in [-0.25, -0.2) is 4.98 Å². The Morgan fingerprint density at radius 1 is 1.17 bits per heavy atom. The number of anilines is 1. The summed E-state index contributed by atoms with van der Waals surface area (Å²) < 4.78 is 5.28. The predicted molar refractivity (Wildman–Crippen MR) is 118 cm³/mol. The third kappa shape index (κ3) is 4.52. The molecule has 1 fully saturated rings. The third-order valence-corrected chi connectivity index (χ3v) is 5.87. The van der Waals surface area contributed by atoms with Crippen LogP contribution in [0.15, 0.2) is 59.4 Å². The van der Waals surface area contributed by atoms with Crippen molar-refractivity contribution in [3.8, 4) is 16.9 Å². The van der Waals surface area contributed by atoms with Gasteiger partial charge in [-0.1, -0.05) is 24.3 Å². The molecular weight excluding hydrogens is 398 g/mol. The van der Waals surface area contributed by atoms with Gasteiger partial charge in [0.25, 0.3) is 5.91 Å². The molecule has 0 radical (unpaired) electrons. The van der Waals surface area contributed by atoms with E-state index in [1.807, 2.05) is 48.5 Å². The third-order valence-electron chi connectivity index (χ3n) is 5.29. The van der Waals surface area contributed by atoms with Crippen LogP contribution >= 0.6 is 11.3 Å². The standard InChI is InChI=1S/C23H23N3O3S/c1-29-20-6-2-4-17(12-20)16-7-9-19(10-8-16)25-22(27)18-5-3-11-26(13-18)23(28)21-14-30-15-24-21/h2,4,6-10,12,14-15,18H,3,5,11,13H2,1H3,(H,25,27)/t18-/m0/s1. The first-order chi connectivity index (χ1) is 14.6. The molecule has 0 unspecified atom stereocenters.